The Morgan fingerprint density at radius 1 is 1.18 bits per heavy atom. The Kier molecular flexibility index (Phi) is 8.58. The molecule has 0 atom stereocenters. The van der Waals surface area contributed by atoms with E-state index in [9.17, 15) is 4.79 Å². The molecule has 8 heteroatoms. The number of amides is 1. The van der Waals surface area contributed by atoms with Gasteiger partial charge in [-0.1, -0.05) is 29.0 Å². The van der Waals surface area contributed by atoms with Gasteiger partial charge in [-0.3, -0.25) is 9.69 Å². The SMILES string of the molecule is CSc1cccc(C(=O)N(CCCN(C)C)c2nc3ccc(Cl)cc3s2)c1.Cl. The number of halogens is 2. The number of thiazole rings is 1. The van der Waals surface area contributed by atoms with Crippen LogP contribution in [-0.2, 0) is 0 Å². The van der Waals surface area contributed by atoms with Crippen molar-refractivity contribution in [2.75, 3.05) is 38.3 Å². The minimum absolute atomic E-state index is 0. The molecule has 0 radical (unpaired) electrons. The second kappa shape index (κ2) is 10.5. The topological polar surface area (TPSA) is 36.4 Å². The Hall–Kier alpha value is -1.31. The first-order valence-electron chi connectivity index (χ1n) is 8.64. The lowest BCUT2D eigenvalue weighted by Gasteiger charge is -2.21. The van der Waals surface area contributed by atoms with E-state index < -0.39 is 0 Å². The van der Waals surface area contributed by atoms with Crippen LogP contribution < -0.4 is 4.90 Å². The first-order valence-corrected chi connectivity index (χ1v) is 11.1. The minimum atomic E-state index is -0.0187. The summed E-state index contributed by atoms with van der Waals surface area (Å²) in [6.45, 7) is 1.53. The molecule has 0 N–H and O–H groups in total. The van der Waals surface area contributed by atoms with E-state index in [0.29, 0.717) is 22.3 Å². The highest BCUT2D eigenvalue weighted by Gasteiger charge is 2.21. The van der Waals surface area contributed by atoms with E-state index in [2.05, 4.69) is 9.88 Å². The summed E-state index contributed by atoms with van der Waals surface area (Å²) in [6, 6.07) is 13.4. The summed E-state index contributed by atoms with van der Waals surface area (Å²) in [6.07, 6.45) is 2.88. The van der Waals surface area contributed by atoms with E-state index >= 15 is 0 Å². The number of nitrogens with zero attached hydrogens (tertiary/aromatic N) is 3. The molecule has 0 aliphatic rings. The third kappa shape index (κ3) is 5.61. The van der Waals surface area contributed by atoms with Gasteiger partial charge in [-0.2, -0.15) is 0 Å². The van der Waals surface area contributed by atoms with E-state index in [1.54, 1.807) is 16.7 Å². The van der Waals surface area contributed by atoms with Crippen LogP contribution in [0.5, 0.6) is 0 Å². The summed E-state index contributed by atoms with van der Waals surface area (Å²) in [5.41, 5.74) is 1.55. The number of thioether (sulfide) groups is 1. The van der Waals surface area contributed by atoms with Crippen molar-refractivity contribution < 1.29 is 4.79 Å². The lowest BCUT2D eigenvalue weighted by molar-refractivity contribution is 0.0986. The van der Waals surface area contributed by atoms with Gasteiger partial charge in [0.2, 0.25) is 0 Å². The number of benzene rings is 2. The van der Waals surface area contributed by atoms with E-state index in [-0.39, 0.29) is 18.3 Å². The number of anilines is 1. The van der Waals surface area contributed by atoms with Gasteiger partial charge in [-0.25, -0.2) is 4.98 Å². The highest BCUT2D eigenvalue weighted by molar-refractivity contribution is 7.98. The van der Waals surface area contributed by atoms with Gasteiger partial charge in [-0.05, 0) is 69.7 Å². The van der Waals surface area contributed by atoms with Gasteiger partial charge in [0.25, 0.3) is 5.91 Å². The van der Waals surface area contributed by atoms with Crippen molar-refractivity contribution in [3.8, 4) is 0 Å². The number of carbonyl (C=O) groups excluding carboxylic acids is 1. The predicted molar refractivity (Wildman–Crippen MR) is 125 cm³/mol. The van der Waals surface area contributed by atoms with Crippen molar-refractivity contribution in [1.82, 2.24) is 9.88 Å². The molecule has 1 aromatic heterocycles. The fourth-order valence-corrected chi connectivity index (χ4v) is 4.47. The van der Waals surface area contributed by atoms with Crippen LogP contribution in [0.25, 0.3) is 10.2 Å². The summed E-state index contributed by atoms with van der Waals surface area (Å²) in [7, 11) is 4.07. The van der Waals surface area contributed by atoms with Crippen LogP contribution in [0.4, 0.5) is 5.13 Å². The third-order valence-corrected chi connectivity index (χ3v) is 6.12. The maximum atomic E-state index is 13.3. The maximum Gasteiger partial charge on any atom is 0.260 e. The average Bonchev–Trinajstić information content (AvgIpc) is 3.07. The second-order valence-electron chi connectivity index (χ2n) is 6.45. The average molecular weight is 456 g/mol. The zero-order valence-corrected chi connectivity index (χ0v) is 19.2. The number of carbonyl (C=O) groups is 1. The molecular weight excluding hydrogens is 433 g/mol. The summed E-state index contributed by atoms with van der Waals surface area (Å²) in [4.78, 5) is 23.0. The van der Waals surface area contributed by atoms with Crippen LogP contribution >= 0.6 is 47.1 Å². The molecular formula is C20H23Cl2N3OS2. The highest BCUT2D eigenvalue weighted by atomic mass is 35.5. The Morgan fingerprint density at radius 2 is 1.96 bits per heavy atom. The molecule has 0 saturated carbocycles. The van der Waals surface area contributed by atoms with Crippen LogP contribution in [0.15, 0.2) is 47.4 Å². The van der Waals surface area contributed by atoms with Crippen molar-refractivity contribution in [3.63, 3.8) is 0 Å². The molecule has 0 aliphatic heterocycles. The Balaban J connectivity index is 0.00000280. The molecule has 1 heterocycles. The zero-order valence-electron chi connectivity index (χ0n) is 16.0. The van der Waals surface area contributed by atoms with Gasteiger partial charge < -0.3 is 4.90 Å². The van der Waals surface area contributed by atoms with E-state index in [4.69, 9.17) is 11.6 Å². The Bertz CT molecular complexity index is 946. The van der Waals surface area contributed by atoms with Gasteiger partial charge in [0.1, 0.15) is 0 Å². The summed E-state index contributed by atoms with van der Waals surface area (Å²) >= 11 is 9.24. The van der Waals surface area contributed by atoms with Gasteiger partial charge in [0, 0.05) is 22.0 Å². The van der Waals surface area contributed by atoms with E-state index in [0.717, 1.165) is 28.1 Å². The molecule has 150 valence electrons. The van der Waals surface area contributed by atoms with Gasteiger partial charge in [-0.15, -0.1) is 24.2 Å². The van der Waals surface area contributed by atoms with Gasteiger partial charge in [0.05, 0.1) is 10.2 Å². The van der Waals surface area contributed by atoms with Crippen molar-refractivity contribution in [2.24, 2.45) is 0 Å². The summed E-state index contributed by atoms with van der Waals surface area (Å²) in [5, 5.41) is 1.39. The second-order valence-corrected chi connectivity index (χ2v) is 8.78. The lowest BCUT2D eigenvalue weighted by atomic mass is 10.2. The fourth-order valence-electron chi connectivity index (χ4n) is 2.74. The molecule has 1 amide bonds. The molecule has 0 bridgehead atoms. The summed E-state index contributed by atoms with van der Waals surface area (Å²) in [5.74, 6) is -0.0187. The van der Waals surface area contributed by atoms with Crippen LogP contribution in [0.2, 0.25) is 5.02 Å². The molecule has 3 rings (SSSR count). The monoisotopic (exact) mass is 455 g/mol. The predicted octanol–water partition coefficient (Wildman–Crippen LogP) is 5.69. The van der Waals surface area contributed by atoms with Crippen molar-refractivity contribution in [1.29, 1.82) is 0 Å². The standard InChI is InChI=1S/C20H22ClN3OS2.ClH/c1-23(2)10-5-11-24(19(25)14-6-4-7-16(12-14)26-3)20-22-17-9-8-15(21)13-18(17)27-20;/h4,6-9,12-13H,5,10-11H2,1-3H3;1H. The molecule has 3 aromatic rings. The molecule has 2 aromatic carbocycles. The van der Waals surface area contributed by atoms with Crippen molar-refractivity contribution in [2.45, 2.75) is 11.3 Å². The molecule has 0 aliphatic carbocycles. The maximum absolute atomic E-state index is 13.3. The lowest BCUT2D eigenvalue weighted by Crippen LogP contribution is -2.33. The van der Waals surface area contributed by atoms with Crippen LogP contribution in [0.3, 0.4) is 0 Å². The number of aromatic nitrogens is 1. The molecule has 0 unspecified atom stereocenters. The molecule has 0 saturated heterocycles. The largest absolute Gasteiger partial charge is 0.309 e. The van der Waals surface area contributed by atoms with Crippen LogP contribution in [0, 0.1) is 0 Å². The van der Waals surface area contributed by atoms with Crippen LogP contribution in [0.1, 0.15) is 16.8 Å². The molecule has 4 nitrogen and oxygen atoms in total. The Morgan fingerprint density at radius 3 is 2.68 bits per heavy atom. The smallest absolute Gasteiger partial charge is 0.260 e. The van der Waals surface area contributed by atoms with E-state index in [1.807, 2.05) is 62.8 Å². The fraction of sp³-hybridized carbons (Fsp3) is 0.300. The number of rotatable bonds is 7. The summed E-state index contributed by atoms with van der Waals surface area (Å²) < 4.78 is 0.987. The number of hydrogen-bond acceptors (Lipinski definition) is 5. The number of hydrogen-bond donors (Lipinski definition) is 0. The van der Waals surface area contributed by atoms with Crippen molar-refractivity contribution >= 4 is 68.4 Å². The third-order valence-electron chi connectivity index (χ3n) is 4.12. The van der Waals surface area contributed by atoms with Gasteiger partial charge >= 0.3 is 0 Å². The van der Waals surface area contributed by atoms with E-state index in [1.165, 1.54) is 11.3 Å². The molecule has 0 fully saturated rings. The first-order chi connectivity index (χ1) is 13.0. The first kappa shape index (κ1) is 23.0. The van der Waals surface area contributed by atoms with Crippen LogP contribution in [-0.4, -0.2) is 49.2 Å². The normalized spacial score (nSPS) is 10.9. The number of fused-ring (bicyclic) bond motifs is 1. The molecule has 28 heavy (non-hydrogen) atoms. The Labute approximate surface area is 185 Å². The quantitative estimate of drug-likeness (QED) is 0.428. The minimum Gasteiger partial charge on any atom is -0.309 e. The molecule has 0 spiro atoms. The zero-order chi connectivity index (χ0) is 19.4. The van der Waals surface area contributed by atoms with Gasteiger partial charge in [0.15, 0.2) is 5.13 Å². The van der Waals surface area contributed by atoms with Crippen molar-refractivity contribution in [3.05, 3.63) is 53.1 Å². The highest BCUT2D eigenvalue weighted by Crippen LogP contribution is 2.32.